The minimum absolute atomic E-state index is 0.0751. The van der Waals surface area contributed by atoms with Crippen LogP contribution in [0.1, 0.15) is 16.3 Å². The molecule has 94 valence electrons. The molecular formula is C9H14N4O3S. The van der Waals surface area contributed by atoms with Crippen molar-refractivity contribution in [3.8, 4) is 0 Å². The van der Waals surface area contributed by atoms with Gasteiger partial charge in [0.1, 0.15) is 6.04 Å². The number of nitrogens with zero attached hydrogens (tertiary/aromatic N) is 1. The first-order valence-electron chi connectivity index (χ1n) is 4.88. The zero-order chi connectivity index (χ0) is 13.0. The summed E-state index contributed by atoms with van der Waals surface area (Å²) in [4.78, 5) is 28.7. The van der Waals surface area contributed by atoms with Gasteiger partial charge in [0.2, 0.25) is 5.78 Å². The number of hydrogen-bond donors (Lipinski definition) is 5. The maximum Gasteiger partial charge on any atom is 0.320 e. The zero-order valence-electron chi connectivity index (χ0n) is 8.96. The standard InChI is InChI=1S/C9H14N4O3S/c10-5(9(15)16)1-4-2-12-8(13-4)7(14)6(11)3-17/h2,5-6,17H,1,3,10-11H2,(H,12,13)(H,15,16)/t5-,6-/m0/s1. The number of H-pyrrole nitrogens is 1. The third-order valence-corrected chi connectivity index (χ3v) is 2.55. The largest absolute Gasteiger partial charge is 0.480 e. The molecule has 1 aromatic rings. The summed E-state index contributed by atoms with van der Waals surface area (Å²) in [5, 5.41) is 8.63. The van der Waals surface area contributed by atoms with Crippen molar-refractivity contribution in [2.24, 2.45) is 11.5 Å². The van der Waals surface area contributed by atoms with E-state index in [1.807, 2.05) is 0 Å². The smallest absolute Gasteiger partial charge is 0.320 e. The Morgan fingerprint density at radius 3 is 2.65 bits per heavy atom. The molecule has 0 unspecified atom stereocenters. The summed E-state index contributed by atoms with van der Waals surface area (Å²) in [6, 6.07) is -1.76. The number of aromatic nitrogens is 2. The summed E-state index contributed by atoms with van der Waals surface area (Å²) in [7, 11) is 0. The van der Waals surface area contributed by atoms with Gasteiger partial charge in [0, 0.05) is 24.1 Å². The van der Waals surface area contributed by atoms with Crippen LogP contribution in [0.2, 0.25) is 0 Å². The average molecular weight is 258 g/mol. The van der Waals surface area contributed by atoms with Crippen LogP contribution in [0.25, 0.3) is 0 Å². The number of Topliss-reactive ketones (excluding diaryl/α,β-unsaturated/α-hetero) is 1. The van der Waals surface area contributed by atoms with Gasteiger partial charge in [0.25, 0.3) is 0 Å². The van der Waals surface area contributed by atoms with Crippen LogP contribution < -0.4 is 11.5 Å². The second kappa shape index (κ2) is 5.80. The van der Waals surface area contributed by atoms with E-state index in [9.17, 15) is 9.59 Å². The molecule has 1 heterocycles. The number of hydrogen-bond acceptors (Lipinski definition) is 6. The molecule has 1 aromatic heterocycles. The van der Waals surface area contributed by atoms with Crippen molar-refractivity contribution in [3.63, 3.8) is 0 Å². The molecule has 7 nitrogen and oxygen atoms in total. The summed E-state index contributed by atoms with van der Waals surface area (Å²) in [6.07, 6.45) is 1.45. The van der Waals surface area contributed by atoms with Gasteiger partial charge in [-0.2, -0.15) is 12.6 Å². The molecule has 17 heavy (non-hydrogen) atoms. The van der Waals surface area contributed by atoms with E-state index < -0.39 is 18.1 Å². The lowest BCUT2D eigenvalue weighted by atomic mass is 10.2. The van der Waals surface area contributed by atoms with Crippen molar-refractivity contribution in [2.75, 3.05) is 5.75 Å². The van der Waals surface area contributed by atoms with E-state index in [-0.39, 0.29) is 23.8 Å². The first-order valence-corrected chi connectivity index (χ1v) is 5.52. The molecule has 0 aliphatic heterocycles. The fourth-order valence-corrected chi connectivity index (χ4v) is 1.34. The Hall–Kier alpha value is -1.38. The first-order chi connectivity index (χ1) is 7.95. The Balaban J connectivity index is 2.71. The number of carboxylic acid groups (broad SMARTS) is 1. The summed E-state index contributed by atoms with van der Waals surface area (Å²) in [5.74, 6) is -1.17. The molecule has 0 bridgehead atoms. The molecule has 1 rings (SSSR count). The molecule has 0 aromatic carbocycles. The molecule has 0 aliphatic rings. The highest BCUT2D eigenvalue weighted by Crippen LogP contribution is 2.03. The molecule has 0 spiro atoms. The van der Waals surface area contributed by atoms with E-state index in [4.69, 9.17) is 16.6 Å². The predicted molar refractivity (Wildman–Crippen MR) is 64.1 cm³/mol. The summed E-state index contributed by atoms with van der Waals surface area (Å²) in [5.41, 5.74) is 11.3. The Labute approximate surface area is 103 Å². The van der Waals surface area contributed by atoms with E-state index in [2.05, 4.69) is 22.6 Å². The number of aliphatic carboxylic acids is 1. The molecular weight excluding hydrogens is 244 g/mol. The Morgan fingerprint density at radius 1 is 1.47 bits per heavy atom. The maximum absolute atomic E-state index is 11.6. The van der Waals surface area contributed by atoms with Gasteiger partial charge in [-0.3, -0.25) is 9.59 Å². The van der Waals surface area contributed by atoms with Crippen molar-refractivity contribution in [2.45, 2.75) is 18.5 Å². The molecule has 2 atom stereocenters. The van der Waals surface area contributed by atoms with E-state index in [0.717, 1.165) is 0 Å². The minimum Gasteiger partial charge on any atom is -0.480 e. The van der Waals surface area contributed by atoms with E-state index in [1.54, 1.807) is 0 Å². The lowest BCUT2D eigenvalue weighted by Crippen LogP contribution is -2.33. The number of ketones is 1. The predicted octanol–water partition coefficient (Wildman–Crippen LogP) is -1.20. The van der Waals surface area contributed by atoms with Crippen molar-refractivity contribution in [1.82, 2.24) is 9.97 Å². The second-order valence-electron chi connectivity index (χ2n) is 3.56. The number of carboxylic acids is 1. The highest BCUT2D eigenvalue weighted by molar-refractivity contribution is 7.80. The fraction of sp³-hybridized carbons (Fsp3) is 0.444. The van der Waals surface area contributed by atoms with Gasteiger partial charge in [-0.25, -0.2) is 4.98 Å². The van der Waals surface area contributed by atoms with Gasteiger partial charge in [-0.15, -0.1) is 0 Å². The van der Waals surface area contributed by atoms with Crippen LogP contribution in [0.15, 0.2) is 6.20 Å². The molecule has 0 fully saturated rings. The Bertz CT molecular complexity index is 420. The average Bonchev–Trinajstić information content (AvgIpc) is 2.75. The first kappa shape index (κ1) is 13.7. The van der Waals surface area contributed by atoms with E-state index in [0.29, 0.717) is 5.69 Å². The highest BCUT2D eigenvalue weighted by atomic mass is 32.1. The van der Waals surface area contributed by atoms with Crippen LogP contribution in [0.3, 0.4) is 0 Å². The zero-order valence-corrected chi connectivity index (χ0v) is 9.85. The van der Waals surface area contributed by atoms with Crippen molar-refractivity contribution in [1.29, 1.82) is 0 Å². The molecule has 0 amide bonds. The van der Waals surface area contributed by atoms with Gasteiger partial charge >= 0.3 is 5.97 Å². The van der Waals surface area contributed by atoms with Gasteiger partial charge in [-0.05, 0) is 0 Å². The van der Waals surface area contributed by atoms with E-state index in [1.165, 1.54) is 6.20 Å². The second-order valence-corrected chi connectivity index (χ2v) is 3.92. The van der Waals surface area contributed by atoms with Crippen LogP contribution in [0, 0.1) is 0 Å². The highest BCUT2D eigenvalue weighted by Gasteiger charge is 2.19. The minimum atomic E-state index is -1.11. The lowest BCUT2D eigenvalue weighted by molar-refractivity contribution is -0.138. The van der Waals surface area contributed by atoms with Gasteiger partial charge in [0.05, 0.1) is 6.04 Å². The summed E-state index contributed by atoms with van der Waals surface area (Å²) >= 11 is 3.91. The summed E-state index contributed by atoms with van der Waals surface area (Å²) < 4.78 is 0. The Morgan fingerprint density at radius 2 is 2.12 bits per heavy atom. The number of rotatable bonds is 6. The van der Waals surface area contributed by atoms with Crippen LogP contribution in [0.5, 0.6) is 0 Å². The molecule has 0 saturated carbocycles. The number of nitrogens with one attached hydrogen (secondary N) is 1. The third kappa shape index (κ3) is 3.55. The lowest BCUT2D eigenvalue weighted by Gasteiger charge is -2.04. The molecule has 0 saturated heterocycles. The number of thiol groups is 1. The quantitative estimate of drug-likeness (QED) is 0.321. The van der Waals surface area contributed by atoms with Crippen molar-refractivity contribution >= 4 is 24.4 Å². The Kier molecular flexibility index (Phi) is 4.67. The molecule has 8 heteroatoms. The SMILES string of the molecule is N[C@@H](Cc1cnc(C(=O)[C@@H](N)CS)[nH]1)C(=O)O. The number of carbonyl (C=O) groups is 2. The number of nitrogens with two attached hydrogens (primary N) is 2. The van der Waals surface area contributed by atoms with Crippen LogP contribution >= 0.6 is 12.6 Å². The van der Waals surface area contributed by atoms with Gasteiger partial charge in [0.15, 0.2) is 5.82 Å². The van der Waals surface area contributed by atoms with Crippen molar-refractivity contribution < 1.29 is 14.7 Å². The fourth-order valence-electron chi connectivity index (χ4n) is 1.17. The molecule has 0 radical (unpaired) electrons. The molecule has 0 aliphatic carbocycles. The normalized spacial score (nSPS) is 14.3. The monoisotopic (exact) mass is 258 g/mol. The topological polar surface area (TPSA) is 135 Å². The number of carbonyl (C=O) groups excluding carboxylic acids is 1. The molecule has 6 N–H and O–H groups in total. The number of imidazole rings is 1. The van der Waals surface area contributed by atoms with Crippen LogP contribution in [-0.4, -0.2) is 44.7 Å². The number of aromatic amines is 1. The van der Waals surface area contributed by atoms with Crippen LogP contribution in [0.4, 0.5) is 0 Å². The van der Waals surface area contributed by atoms with Crippen molar-refractivity contribution in [3.05, 3.63) is 17.7 Å². The third-order valence-electron chi connectivity index (χ3n) is 2.15. The van der Waals surface area contributed by atoms with E-state index >= 15 is 0 Å². The van der Waals surface area contributed by atoms with Gasteiger partial charge in [-0.1, -0.05) is 0 Å². The summed E-state index contributed by atoms with van der Waals surface area (Å²) in [6.45, 7) is 0. The van der Waals surface area contributed by atoms with Crippen LogP contribution in [-0.2, 0) is 11.2 Å². The maximum atomic E-state index is 11.6. The van der Waals surface area contributed by atoms with Gasteiger partial charge < -0.3 is 21.6 Å².